The van der Waals surface area contributed by atoms with Crippen molar-refractivity contribution in [3.05, 3.63) is 82.7 Å². The van der Waals surface area contributed by atoms with Gasteiger partial charge in [0.1, 0.15) is 11.3 Å². The summed E-state index contributed by atoms with van der Waals surface area (Å²) < 4.78 is 37.2. The average Bonchev–Trinajstić information content (AvgIpc) is 2.68. The van der Waals surface area contributed by atoms with E-state index in [9.17, 15) is 22.6 Å². The first kappa shape index (κ1) is 17.9. The van der Waals surface area contributed by atoms with Gasteiger partial charge >= 0.3 is 5.63 Å². The van der Waals surface area contributed by atoms with Crippen molar-refractivity contribution in [2.75, 3.05) is 5.32 Å². The zero-order chi connectivity index (χ0) is 19.9. The number of carbonyl (C=O) groups is 1. The summed E-state index contributed by atoms with van der Waals surface area (Å²) in [6.07, 6.45) is 0. The van der Waals surface area contributed by atoms with Crippen LogP contribution in [-0.2, 0) is 10.1 Å². The molecule has 0 saturated carbocycles. The van der Waals surface area contributed by atoms with E-state index in [2.05, 4.69) is 5.32 Å². The maximum absolute atomic E-state index is 12.3. The molecule has 3 aromatic carbocycles. The summed E-state index contributed by atoms with van der Waals surface area (Å²) >= 11 is 0. The Morgan fingerprint density at radius 2 is 1.68 bits per heavy atom. The minimum Gasteiger partial charge on any atom is -0.421 e. The van der Waals surface area contributed by atoms with Crippen LogP contribution in [0.5, 0.6) is 0 Å². The smallest absolute Gasteiger partial charge is 0.360 e. The molecule has 4 rings (SSSR count). The summed E-state index contributed by atoms with van der Waals surface area (Å²) in [4.78, 5) is 24.3. The molecule has 1 amide bonds. The van der Waals surface area contributed by atoms with Gasteiger partial charge in [0.25, 0.3) is 16.0 Å². The number of benzene rings is 3. The Bertz CT molecular complexity index is 1390. The van der Waals surface area contributed by atoms with E-state index >= 15 is 0 Å². The fraction of sp³-hybridized carbons (Fsp3) is 0. The summed E-state index contributed by atoms with van der Waals surface area (Å²) in [6.45, 7) is 0. The fourth-order valence-electron chi connectivity index (χ4n) is 2.94. The molecule has 0 spiro atoms. The lowest BCUT2D eigenvalue weighted by molar-refractivity contribution is 0.102. The van der Waals surface area contributed by atoms with Crippen molar-refractivity contribution in [1.82, 2.24) is 0 Å². The third kappa shape index (κ3) is 3.26. The maximum atomic E-state index is 12.3. The number of amides is 1. The summed E-state index contributed by atoms with van der Waals surface area (Å²) in [7, 11) is -4.34. The lowest BCUT2D eigenvalue weighted by atomic mass is 10.1. The minimum atomic E-state index is -4.34. The summed E-state index contributed by atoms with van der Waals surface area (Å²) in [5.41, 5.74) is -0.0640. The summed E-state index contributed by atoms with van der Waals surface area (Å²) in [5.74, 6) is -0.457. The van der Waals surface area contributed by atoms with Crippen LogP contribution >= 0.6 is 0 Å². The molecule has 28 heavy (non-hydrogen) atoms. The van der Waals surface area contributed by atoms with Gasteiger partial charge in [-0.2, -0.15) is 8.42 Å². The monoisotopic (exact) mass is 395 g/mol. The topological polar surface area (TPSA) is 114 Å². The van der Waals surface area contributed by atoms with E-state index in [1.165, 1.54) is 30.3 Å². The molecule has 2 N–H and O–H groups in total. The van der Waals surface area contributed by atoms with Gasteiger partial charge in [-0.05, 0) is 47.2 Å². The molecular formula is C20H13NO6S. The van der Waals surface area contributed by atoms with Gasteiger partial charge in [0.05, 0.1) is 4.90 Å². The van der Waals surface area contributed by atoms with E-state index in [0.29, 0.717) is 21.7 Å². The standard InChI is InChI=1S/C20H13NO6S/c22-19(12-4-2-1-3-5-12)21-17-11-16-15-8-7-14(28(24,25)26)10-13(15)6-9-18(16)27-20(17)23/h1-11H,(H,21,22)(H,24,25,26). The van der Waals surface area contributed by atoms with Gasteiger partial charge < -0.3 is 9.73 Å². The molecule has 0 aliphatic heterocycles. The molecule has 0 aliphatic rings. The number of nitrogens with one attached hydrogen (secondary N) is 1. The highest BCUT2D eigenvalue weighted by molar-refractivity contribution is 7.85. The molecule has 0 fully saturated rings. The summed E-state index contributed by atoms with van der Waals surface area (Å²) in [6, 6.07) is 17.1. The van der Waals surface area contributed by atoms with Gasteiger partial charge in [-0.3, -0.25) is 9.35 Å². The SMILES string of the molecule is O=C(Nc1cc2c(ccc3cc(S(=O)(=O)O)ccc32)oc1=O)c1ccccc1. The molecule has 0 atom stereocenters. The van der Waals surface area contributed by atoms with Crippen molar-refractivity contribution in [3.63, 3.8) is 0 Å². The van der Waals surface area contributed by atoms with Gasteiger partial charge in [-0.15, -0.1) is 0 Å². The normalized spacial score (nSPS) is 11.6. The average molecular weight is 395 g/mol. The molecule has 140 valence electrons. The minimum absolute atomic E-state index is 0.0345. The molecule has 1 heterocycles. The van der Waals surface area contributed by atoms with Crippen LogP contribution in [0.2, 0.25) is 0 Å². The van der Waals surface area contributed by atoms with Crippen molar-refractivity contribution in [2.45, 2.75) is 4.90 Å². The Balaban J connectivity index is 1.84. The van der Waals surface area contributed by atoms with E-state index in [4.69, 9.17) is 4.42 Å². The number of carbonyl (C=O) groups excluding carboxylic acids is 1. The third-order valence-electron chi connectivity index (χ3n) is 4.29. The predicted octanol–water partition coefficient (Wildman–Crippen LogP) is 3.45. The van der Waals surface area contributed by atoms with Gasteiger partial charge in [0.15, 0.2) is 0 Å². The van der Waals surface area contributed by atoms with Crippen molar-refractivity contribution in [2.24, 2.45) is 0 Å². The van der Waals surface area contributed by atoms with Gasteiger partial charge in [0.2, 0.25) is 0 Å². The predicted molar refractivity (Wildman–Crippen MR) is 104 cm³/mol. The molecule has 8 heteroatoms. The quantitative estimate of drug-likeness (QED) is 0.312. The number of hydrogen-bond acceptors (Lipinski definition) is 5. The molecule has 1 aromatic heterocycles. The van der Waals surface area contributed by atoms with Crippen LogP contribution in [0.25, 0.3) is 21.7 Å². The van der Waals surface area contributed by atoms with E-state index < -0.39 is 21.7 Å². The van der Waals surface area contributed by atoms with Gasteiger partial charge in [-0.25, -0.2) is 4.79 Å². The molecule has 0 aliphatic carbocycles. The van der Waals surface area contributed by atoms with Crippen molar-refractivity contribution >= 4 is 43.5 Å². The zero-order valence-corrected chi connectivity index (χ0v) is 15.1. The van der Waals surface area contributed by atoms with Crippen LogP contribution in [0.3, 0.4) is 0 Å². The van der Waals surface area contributed by atoms with E-state index in [-0.39, 0.29) is 16.2 Å². The molecule has 4 aromatic rings. The fourth-order valence-corrected chi connectivity index (χ4v) is 3.46. The zero-order valence-electron chi connectivity index (χ0n) is 14.2. The summed E-state index contributed by atoms with van der Waals surface area (Å²) in [5, 5.41) is 4.18. The first-order valence-corrected chi connectivity index (χ1v) is 9.61. The van der Waals surface area contributed by atoms with Crippen LogP contribution in [0.1, 0.15) is 10.4 Å². The first-order chi connectivity index (χ1) is 13.3. The maximum Gasteiger partial charge on any atom is 0.360 e. The van der Waals surface area contributed by atoms with Gasteiger partial charge in [0, 0.05) is 10.9 Å². The lowest BCUT2D eigenvalue weighted by Gasteiger charge is -2.08. The molecular weight excluding hydrogens is 382 g/mol. The molecule has 0 unspecified atom stereocenters. The Hall–Kier alpha value is -3.49. The Kier molecular flexibility index (Phi) is 4.21. The Labute approximate surface area is 159 Å². The largest absolute Gasteiger partial charge is 0.421 e. The van der Waals surface area contributed by atoms with Crippen molar-refractivity contribution < 1.29 is 22.2 Å². The lowest BCUT2D eigenvalue weighted by Crippen LogP contribution is -2.17. The second-order valence-corrected chi connectivity index (χ2v) is 7.52. The molecule has 0 bridgehead atoms. The van der Waals surface area contributed by atoms with Crippen LogP contribution < -0.4 is 10.9 Å². The second-order valence-electron chi connectivity index (χ2n) is 6.10. The highest BCUT2D eigenvalue weighted by Gasteiger charge is 2.14. The third-order valence-corrected chi connectivity index (χ3v) is 5.14. The highest BCUT2D eigenvalue weighted by atomic mass is 32.2. The van der Waals surface area contributed by atoms with E-state index in [1.807, 2.05) is 0 Å². The van der Waals surface area contributed by atoms with Crippen LogP contribution in [-0.4, -0.2) is 18.9 Å². The Morgan fingerprint density at radius 1 is 0.929 bits per heavy atom. The number of hydrogen-bond donors (Lipinski definition) is 2. The molecule has 7 nitrogen and oxygen atoms in total. The molecule has 0 saturated heterocycles. The van der Waals surface area contributed by atoms with Crippen molar-refractivity contribution in [3.8, 4) is 0 Å². The molecule has 0 radical (unpaired) electrons. The first-order valence-electron chi connectivity index (χ1n) is 8.17. The van der Waals surface area contributed by atoms with Crippen LogP contribution in [0.4, 0.5) is 5.69 Å². The number of rotatable bonds is 3. The Morgan fingerprint density at radius 3 is 2.39 bits per heavy atom. The second kappa shape index (κ2) is 6.59. The van der Waals surface area contributed by atoms with Crippen LogP contribution in [0, 0.1) is 0 Å². The number of fused-ring (bicyclic) bond motifs is 3. The van der Waals surface area contributed by atoms with Crippen molar-refractivity contribution in [1.29, 1.82) is 0 Å². The van der Waals surface area contributed by atoms with Gasteiger partial charge in [-0.1, -0.05) is 30.3 Å². The highest BCUT2D eigenvalue weighted by Crippen LogP contribution is 2.28. The van der Waals surface area contributed by atoms with E-state index in [0.717, 1.165) is 0 Å². The van der Waals surface area contributed by atoms with Crippen LogP contribution in [0.15, 0.2) is 80.8 Å². The van der Waals surface area contributed by atoms with E-state index in [1.54, 1.807) is 36.4 Å². The number of anilines is 1.